The van der Waals surface area contributed by atoms with Crippen molar-refractivity contribution in [2.24, 2.45) is 0 Å². The maximum absolute atomic E-state index is 13.2. The van der Waals surface area contributed by atoms with E-state index >= 15 is 0 Å². The highest BCUT2D eigenvalue weighted by atomic mass is 16.6. The minimum absolute atomic E-state index is 0.0254. The number of anilines is 2. The number of amides is 1. The Hall–Kier alpha value is -4.28. The number of esters is 1. The summed E-state index contributed by atoms with van der Waals surface area (Å²) in [6, 6.07) is 10.8. The van der Waals surface area contributed by atoms with Gasteiger partial charge >= 0.3 is 5.97 Å². The fraction of sp³-hybridized carbons (Fsp3) is 0.200. The van der Waals surface area contributed by atoms with Crippen LogP contribution >= 0.6 is 0 Å². The summed E-state index contributed by atoms with van der Waals surface area (Å²) in [4.78, 5) is 48.1. The average Bonchev–Trinajstić information content (AvgIpc) is 2.99. The van der Waals surface area contributed by atoms with Gasteiger partial charge in [0.25, 0.3) is 17.3 Å². The molecule has 3 rings (SSSR count). The molecule has 1 aliphatic heterocycles. The Balaban J connectivity index is 2.04. The van der Waals surface area contributed by atoms with Crippen molar-refractivity contribution >= 4 is 34.6 Å². The summed E-state index contributed by atoms with van der Waals surface area (Å²) in [5, 5.41) is 25.0. The highest BCUT2D eigenvalue weighted by Gasteiger charge is 2.49. The molecule has 0 bridgehead atoms. The monoisotopic (exact) mass is 426 g/mol. The Morgan fingerprint density at radius 2 is 1.71 bits per heavy atom. The van der Waals surface area contributed by atoms with Gasteiger partial charge in [-0.2, -0.15) is 0 Å². The van der Waals surface area contributed by atoms with Crippen molar-refractivity contribution in [1.82, 2.24) is 0 Å². The van der Waals surface area contributed by atoms with Gasteiger partial charge < -0.3 is 10.1 Å². The summed E-state index contributed by atoms with van der Waals surface area (Å²) >= 11 is 0. The van der Waals surface area contributed by atoms with E-state index in [4.69, 9.17) is 4.74 Å². The van der Waals surface area contributed by atoms with E-state index in [0.29, 0.717) is 0 Å². The standard InChI is InChI=1S/C20H18N4O7/c1-3-31-19(26)20(2)12-17(21-13-6-4-8-15(10-13)23(27)28)18(25)22(20)14-7-5-9-16(11-14)24(29)30/h4-12,21H,3H2,1-2H3/t20-/m0/s1. The van der Waals surface area contributed by atoms with Crippen molar-refractivity contribution in [3.05, 3.63) is 80.5 Å². The Morgan fingerprint density at radius 1 is 1.10 bits per heavy atom. The largest absolute Gasteiger partial charge is 0.464 e. The molecule has 0 aliphatic carbocycles. The van der Waals surface area contributed by atoms with Crippen LogP contribution in [0, 0.1) is 20.2 Å². The van der Waals surface area contributed by atoms with Gasteiger partial charge in [-0.15, -0.1) is 0 Å². The number of hydrogen-bond acceptors (Lipinski definition) is 8. The van der Waals surface area contributed by atoms with Crippen LogP contribution in [0.5, 0.6) is 0 Å². The number of nitro groups is 2. The van der Waals surface area contributed by atoms with Gasteiger partial charge in [0.1, 0.15) is 5.70 Å². The molecule has 1 aliphatic rings. The molecule has 2 aromatic rings. The molecular weight excluding hydrogens is 408 g/mol. The third-order valence-corrected chi connectivity index (χ3v) is 4.65. The molecule has 0 saturated heterocycles. The fourth-order valence-corrected chi connectivity index (χ4v) is 3.24. The number of ether oxygens (including phenoxy) is 1. The lowest BCUT2D eigenvalue weighted by atomic mass is 10.0. The molecule has 0 unspecified atom stereocenters. The topological polar surface area (TPSA) is 145 Å². The average molecular weight is 426 g/mol. The highest BCUT2D eigenvalue weighted by molar-refractivity contribution is 6.16. The maximum atomic E-state index is 13.2. The summed E-state index contributed by atoms with van der Waals surface area (Å²) < 4.78 is 5.13. The van der Waals surface area contributed by atoms with Crippen LogP contribution < -0.4 is 10.2 Å². The molecule has 11 nitrogen and oxygen atoms in total. The molecule has 1 heterocycles. The predicted molar refractivity (Wildman–Crippen MR) is 110 cm³/mol. The first-order chi connectivity index (χ1) is 14.7. The zero-order valence-corrected chi connectivity index (χ0v) is 16.6. The molecule has 1 N–H and O–H groups in total. The molecule has 0 radical (unpaired) electrons. The number of hydrogen-bond donors (Lipinski definition) is 1. The molecule has 1 atom stereocenters. The van der Waals surface area contributed by atoms with Crippen LogP contribution in [-0.2, 0) is 14.3 Å². The molecule has 1 amide bonds. The molecule has 160 valence electrons. The van der Waals surface area contributed by atoms with Crippen molar-refractivity contribution in [1.29, 1.82) is 0 Å². The van der Waals surface area contributed by atoms with Crippen molar-refractivity contribution < 1.29 is 24.2 Å². The van der Waals surface area contributed by atoms with Crippen molar-refractivity contribution in [3.63, 3.8) is 0 Å². The van der Waals surface area contributed by atoms with Gasteiger partial charge in [0.05, 0.1) is 22.1 Å². The van der Waals surface area contributed by atoms with Crippen LogP contribution in [0.25, 0.3) is 0 Å². The predicted octanol–water partition coefficient (Wildman–Crippen LogP) is 3.17. The SMILES string of the molecule is CCOC(=O)[C@]1(C)C=C(Nc2cccc([N+](=O)[O-])c2)C(=O)N1c1cccc([N+](=O)[O-])c1. The van der Waals surface area contributed by atoms with E-state index in [0.717, 1.165) is 4.90 Å². The normalized spacial score (nSPS) is 17.8. The second kappa shape index (κ2) is 8.22. The van der Waals surface area contributed by atoms with Gasteiger partial charge in [0.15, 0.2) is 5.54 Å². The van der Waals surface area contributed by atoms with Crippen LogP contribution in [0.15, 0.2) is 60.3 Å². The molecule has 2 aromatic carbocycles. The van der Waals surface area contributed by atoms with Crippen molar-refractivity contribution in [2.45, 2.75) is 19.4 Å². The van der Waals surface area contributed by atoms with Crippen LogP contribution in [0.2, 0.25) is 0 Å². The molecule has 0 aromatic heterocycles. The molecule has 31 heavy (non-hydrogen) atoms. The zero-order valence-electron chi connectivity index (χ0n) is 16.6. The van der Waals surface area contributed by atoms with E-state index in [2.05, 4.69) is 5.32 Å². The van der Waals surface area contributed by atoms with Crippen molar-refractivity contribution in [2.75, 3.05) is 16.8 Å². The lowest BCUT2D eigenvalue weighted by Gasteiger charge is -2.32. The first-order valence-electron chi connectivity index (χ1n) is 9.18. The van der Waals surface area contributed by atoms with E-state index in [9.17, 15) is 29.8 Å². The summed E-state index contributed by atoms with van der Waals surface area (Å²) in [6.45, 7) is 3.12. The summed E-state index contributed by atoms with van der Waals surface area (Å²) in [6.07, 6.45) is 1.34. The third-order valence-electron chi connectivity index (χ3n) is 4.65. The summed E-state index contributed by atoms with van der Waals surface area (Å²) in [5.74, 6) is -1.38. The number of nitrogens with zero attached hydrogens (tertiary/aromatic N) is 3. The lowest BCUT2D eigenvalue weighted by Crippen LogP contribution is -2.51. The Bertz CT molecular complexity index is 1110. The van der Waals surface area contributed by atoms with E-state index in [1.165, 1.54) is 61.5 Å². The first-order valence-corrected chi connectivity index (χ1v) is 9.18. The van der Waals surface area contributed by atoms with Crippen LogP contribution in [0.3, 0.4) is 0 Å². The highest BCUT2D eigenvalue weighted by Crippen LogP contribution is 2.36. The van der Waals surface area contributed by atoms with Gasteiger partial charge in [-0.05, 0) is 32.1 Å². The summed E-state index contributed by atoms with van der Waals surface area (Å²) in [7, 11) is 0. The van der Waals surface area contributed by atoms with Crippen LogP contribution in [-0.4, -0.2) is 33.9 Å². The molecule has 11 heteroatoms. The van der Waals surface area contributed by atoms with Gasteiger partial charge in [-0.25, -0.2) is 4.79 Å². The fourth-order valence-electron chi connectivity index (χ4n) is 3.24. The van der Waals surface area contributed by atoms with Gasteiger partial charge in [0, 0.05) is 30.0 Å². The molecule has 0 fully saturated rings. The van der Waals surface area contributed by atoms with Gasteiger partial charge in [-0.1, -0.05) is 12.1 Å². The number of nitrogens with one attached hydrogen (secondary N) is 1. The Labute approximate surface area is 176 Å². The second-order valence-electron chi connectivity index (χ2n) is 6.78. The number of carbonyl (C=O) groups is 2. The van der Waals surface area contributed by atoms with E-state index in [1.54, 1.807) is 6.92 Å². The lowest BCUT2D eigenvalue weighted by molar-refractivity contribution is -0.385. The second-order valence-corrected chi connectivity index (χ2v) is 6.78. The number of benzene rings is 2. The van der Waals surface area contributed by atoms with Crippen LogP contribution in [0.1, 0.15) is 13.8 Å². The number of rotatable bonds is 7. The van der Waals surface area contributed by atoms with Crippen LogP contribution in [0.4, 0.5) is 22.7 Å². The smallest absolute Gasteiger partial charge is 0.336 e. The molecule has 0 saturated carbocycles. The minimum atomic E-state index is -1.59. The zero-order chi connectivity index (χ0) is 22.8. The summed E-state index contributed by atoms with van der Waals surface area (Å²) in [5.41, 5.74) is -1.66. The first kappa shape index (κ1) is 21.4. The minimum Gasteiger partial charge on any atom is -0.464 e. The number of nitro benzene ring substituents is 2. The third kappa shape index (κ3) is 4.06. The number of carbonyl (C=O) groups excluding carboxylic acids is 2. The van der Waals surface area contributed by atoms with Gasteiger partial charge in [-0.3, -0.25) is 29.9 Å². The van der Waals surface area contributed by atoms with Crippen molar-refractivity contribution in [3.8, 4) is 0 Å². The Kier molecular flexibility index (Phi) is 5.68. The maximum Gasteiger partial charge on any atom is 0.336 e. The number of non-ortho nitro benzene ring substituents is 2. The van der Waals surface area contributed by atoms with E-state index in [-0.39, 0.29) is 35.1 Å². The Morgan fingerprint density at radius 3 is 2.32 bits per heavy atom. The quantitative estimate of drug-likeness (QED) is 0.404. The van der Waals surface area contributed by atoms with E-state index in [1.807, 2.05) is 0 Å². The molecule has 0 spiro atoms. The molecular formula is C20H18N4O7. The van der Waals surface area contributed by atoms with E-state index < -0.39 is 27.3 Å². The van der Waals surface area contributed by atoms with Gasteiger partial charge in [0.2, 0.25) is 0 Å².